The molecule has 0 unspecified atom stereocenters. The van der Waals surface area contributed by atoms with Gasteiger partial charge in [0.15, 0.2) is 12.2 Å². The maximum atomic E-state index is 12.3. The quantitative estimate of drug-likeness (QED) is 0.228. The number of ether oxygens (including phenoxy) is 4. The number of unbranched alkanes of at least 4 members (excludes halogenated alkanes) is 3. The molecule has 0 aliphatic rings. The monoisotopic (exact) mass is 418 g/mol. The molecule has 0 fully saturated rings. The van der Waals surface area contributed by atoms with Gasteiger partial charge in [-0.1, -0.05) is 40.0 Å². The Morgan fingerprint density at radius 2 is 1.03 bits per heavy atom. The van der Waals surface area contributed by atoms with Crippen molar-refractivity contribution in [1.29, 1.82) is 0 Å². The third kappa shape index (κ3) is 12.8. The lowest BCUT2D eigenvalue weighted by Crippen LogP contribution is -2.45. The van der Waals surface area contributed by atoms with Gasteiger partial charge in [-0.2, -0.15) is 0 Å². The van der Waals surface area contributed by atoms with E-state index in [0.29, 0.717) is 19.3 Å². The van der Waals surface area contributed by atoms with E-state index in [1.165, 1.54) is 0 Å². The summed E-state index contributed by atoms with van der Waals surface area (Å²) >= 11 is 0. The fraction of sp³-hybridized carbons (Fsp3) is 0.800. The van der Waals surface area contributed by atoms with Crippen LogP contribution in [0.2, 0.25) is 0 Å². The van der Waals surface area contributed by atoms with Crippen molar-refractivity contribution < 1.29 is 43.2 Å². The van der Waals surface area contributed by atoms with E-state index < -0.39 is 48.9 Å². The zero-order chi connectivity index (χ0) is 22.1. The lowest BCUT2D eigenvalue weighted by Gasteiger charge is -2.24. The summed E-state index contributed by atoms with van der Waals surface area (Å²) in [6.45, 7) is 5.45. The topological polar surface area (TPSA) is 125 Å². The largest absolute Gasteiger partial charge is 0.466 e. The molecule has 0 aliphatic carbocycles. The van der Waals surface area contributed by atoms with Gasteiger partial charge in [0.2, 0.25) is 0 Å². The van der Waals surface area contributed by atoms with E-state index in [1.54, 1.807) is 0 Å². The van der Waals surface area contributed by atoms with Gasteiger partial charge in [-0.05, 0) is 19.3 Å². The number of aliphatic hydroxyl groups is 1. The third-order valence-corrected chi connectivity index (χ3v) is 3.86. The molecular formula is C20H34O9. The van der Waals surface area contributed by atoms with Crippen molar-refractivity contribution >= 4 is 23.9 Å². The van der Waals surface area contributed by atoms with Crippen LogP contribution in [-0.4, -0.2) is 61.0 Å². The van der Waals surface area contributed by atoms with Gasteiger partial charge in [0, 0.05) is 0 Å². The van der Waals surface area contributed by atoms with Crippen LogP contribution in [0.1, 0.15) is 72.1 Å². The minimum atomic E-state index is -2.49. The molecule has 0 radical (unpaired) electrons. The maximum Gasteiger partial charge on any atom is 0.344 e. The highest BCUT2D eigenvalue weighted by atomic mass is 16.6. The SMILES string of the molecule is CCCCOC(=O)COC(=O)C(O)(CC(=O)OCCCC)CC(=O)OCCCC. The highest BCUT2D eigenvalue weighted by Gasteiger charge is 2.43. The molecule has 0 saturated carbocycles. The van der Waals surface area contributed by atoms with E-state index in [9.17, 15) is 24.3 Å². The van der Waals surface area contributed by atoms with Crippen molar-refractivity contribution in [2.45, 2.75) is 77.7 Å². The maximum absolute atomic E-state index is 12.3. The van der Waals surface area contributed by atoms with Crippen LogP contribution in [0.5, 0.6) is 0 Å². The van der Waals surface area contributed by atoms with Gasteiger partial charge in [0.1, 0.15) is 0 Å². The van der Waals surface area contributed by atoms with Crippen LogP contribution in [0.15, 0.2) is 0 Å². The fourth-order valence-corrected chi connectivity index (χ4v) is 2.08. The van der Waals surface area contributed by atoms with Crippen LogP contribution >= 0.6 is 0 Å². The molecule has 29 heavy (non-hydrogen) atoms. The molecule has 9 heteroatoms. The molecule has 0 aromatic rings. The zero-order valence-corrected chi connectivity index (χ0v) is 17.7. The highest BCUT2D eigenvalue weighted by Crippen LogP contribution is 2.20. The van der Waals surface area contributed by atoms with Crippen molar-refractivity contribution in [2.75, 3.05) is 26.4 Å². The molecule has 0 saturated heterocycles. The summed E-state index contributed by atoms with van der Waals surface area (Å²) in [7, 11) is 0. The molecule has 0 spiro atoms. The smallest absolute Gasteiger partial charge is 0.344 e. The predicted molar refractivity (Wildman–Crippen MR) is 103 cm³/mol. The lowest BCUT2D eigenvalue weighted by molar-refractivity contribution is -0.180. The van der Waals surface area contributed by atoms with Gasteiger partial charge in [0.25, 0.3) is 0 Å². The van der Waals surface area contributed by atoms with E-state index >= 15 is 0 Å². The number of hydrogen-bond acceptors (Lipinski definition) is 9. The predicted octanol–water partition coefficient (Wildman–Crippen LogP) is 2.07. The van der Waals surface area contributed by atoms with E-state index in [1.807, 2.05) is 20.8 Å². The summed E-state index contributed by atoms with van der Waals surface area (Å²) in [6, 6.07) is 0. The van der Waals surface area contributed by atoms with Crippen molar-refractivity contribution in [2.24, 2.45) is 0 Å². The molecule has 0 rings (SSSR count). The Hall–Kier alpha value is -2.16. The summed E-state index contributed by atoms with van der Waals surface area (Å²) in [5, 5.41) is 10.6. The first-order chi connectivity index (χ1) is 13.8. The normalized spacial score (nSPS) is 10.9. The Labute approximate surface area is 172 Å². The third-order valence-electron chi connectivity index (χ3n) is 3.86. The Bertz CT molecular complexity index is 492. The molecule has 0 heterocycles. The van der Waals surface area contributed by atoms with Crippen LogP contribution in [0.4, 0.5) is 0 Å². The van der Waals surface area contributed by atoms with Crippen molar-refractivity contribution in [3.63, 3.8) is 0 Å². The Balaban J connectivity index is 4.89. The highest BCUT2D eigenvalue weighted by molar-refractivity contribution is 5.91. The molecule has 168 valence electrons. The summed E-state index contributed by atoms with van der Waals surface area (Å²) in [5.74, 6) is -3.79. The summed E-state index contributed by atoms with van der Waals surface area (Å²) in [4.78, 5) is 47.8. The van der Waals surface area contributed by atoms with Crippen LogP contribution in [-0.2, 0) is 38.1 Å². The average molecular weight is 418 g/mol. The second-order valence-corrected chi connectivity index (χ2v) is 6.68. The second kappa shape index (κ2) is 15.7. The van der Waals surface area contributed by atoms with Gasteiger partial charge in [0.05, 0.1) is 32.7 Å². The van der Waals surface area contributed by atoms with Gasteiger partial charge >= 0.3 is 23.9 Å². The standard InChI is InChI=1S/C20H34O9/c1-4-7-10-26-16(21)13-20(25,14-17(22)27-11-8-5-2)19(24)29-15-18(23)28-12-9-6-3/h25H,4-15H2,1-3H3. The number of carbonyl (C=O) groups excluding carboxylic acids is 4. The second-order valence-electron chi connectivity index (χ2n) is 6.68. The summed E-state index contributed by atoms with van der Waals surface area (Å²) in [6.07, 6.45) is 2.75. The molecule has 0 aliphatic heterocycles. The van der Waals surface area contributed by atoms with E-state index in [0.717, 1.165) is 19.3 Å². The Morgan fingerprint density at radius 1 is 0.655 bits per heavy atom. The molecule has 9 nitrogen and oxygen atoms in total. The van der Waals surface area contributed by atoms with Gasteiger partial charge in [-0.25, -0.2) is 9.59 Å². The number of esters is 4. The van der Waals surface area contributed by atoms with E-state index in [-0.39, 0.29) is 19.8 Å². The van der Waals surface area contributed by atoms with Gasteiger partial charge < -0.3 is 24.1 Å². The first-order valence-corrected chi connectivity index (χ1v) is 10.2. The lowest BCUT2D eigenvalue weighted by atomic mass is 9.95. The summed E-state index contributed by atoms with van der Waals surface area (Å²) < 4.78 is 19.5. The zero-order valence-electron chi connectivity index (χ0n) is 17.7. The number of hydrogen-bond donors (Lipinski definition) is 1. The van der Waals surface area contributed by atoms with Gasteiger partial charge in [-0.3, -0.25) is 9.59 Å². The first-order valence-electron chi connectivity index (χ1n) is 10.2. The molecule has 1 N–H and O–H groups in total. The molecule has 0 amide bonds. The molecule has 0 aromatic carbocycles. The molecular weight excluding hydrogens is 384 g/mol. The minimum absolute atomic E-state index is 0.130. The molecule has 0 atom stereocenters. The fourth-order valence-electron chi connectivity index (χ4n) is 2.08. The number of rotatable bonds is 16. The van der Waals surface area contributed by atoms with Gasteiger partial charge in [-0.15, -0.1) is 0 Å². The molecule has 0 bridgehead atoms. The van der Waals surface area contributed by atoms with Crippen LogP contribution < -0.4 is 0 Å². The number of carbonyl (C=O) groups is 4. The Kier molecular flexibility index (Phi) is 14.6. The molecule has 0 aromatic heterocycles. The van der Waals surface area contributed by atoms with Crippen LogP contribution in [0.25, 0.3) is 0 Å². The van der Waals surface area contributed by atoms with Crippen molar-refractivity contribution in [1.82, 2.24) is 0 Å². The van der Waals surface area contributed by atoms with E-state index in [4.69, 9.17) is 18.9 Å². The van der Waals surface area contributed by atoms with Crippen molar-refractivity contribution in [3.05, 3.63) is 0 Å². The van der Waals surface area contributed by atoms with Crippen LogP contribution in [0.3, 0.4) is 0 Å². The average Bonchev–Trinajstić information content (AvgIpc) is 2.66. The Morgan fingerprint density at radius 3 is 1.41 bits per heavy atom. The first kappa shape index (κ1) is 26.8. The minimum Gasteiger partial charge on any atom is -0.466 e. The van der Waals surface area contributed by atoms with Crippen LogP contribution in [0, 0.1) is 0 Å². The summed E-state index contributed by atoms with van der Waals surface area (Å²) in [5.41, 5.74) is -2.49. The van der Waals surface area contributed by atoms with E-state index in [2.05, 4.69) is 0 Å². The van der Waals surface area contributed by atoms with Crippen molar-refractivity contribution in [3.8, 4) is 0 Å².